The van der Waals surface area contributed by atoms with Crippen molar-refractivity contribution in [2.24, 2.45) is 0 Å². The highest BCUT2D eigenvalue weighted by Crippen LogP contribution is 2.39. The van der Waals surface area contributed by atoms with Gasteiger partial charge in [-0.3, -0.25) is 14.4 Å². The van der Waals surface area contributed by atoms with Crippen molar-refractivity contribution >= 4 is 57.8 Å². The number of aromatic nitrogens is 2. The van der Waals surface area contributed by atoms with Crippen LogP contribution < -0.4 is 16.2 Å². The Hall–Kier alpha value is -5.78. The summed E-state index contributed by atoms with van der Waals surface area (Å²) in [5.74, 6) is -1.91. The normalized spacial score (nSPS) is 14.8. The zero-order chi connectivity index (χ0) is 39.2. The minimum absolute atomic E-state index is 0.0522. The Labute approximate surface area is 317 Å². The van der Waals surface area contributed by atoms with Gasteiger partial charge < -0.3 is 38.9 Å². The van der Waals surface area contributed by atoms with E-state index in [-0.39, 0.29) is 56.7 Å². The second-order valence-electron chi connectivity index (χ2n) is 13.0. The number of cyclic esters (lactones) is 1. The third kappa shape index (κ3) is 8.80. The highest BCUT2D eigenvalue weighted by Gasteiger charge is 2.38. The number of pyridine rings is 2. The average molecular weight is 774 g/mol. The number of hydrogen-bond donors (Lipinski definition) is 2. The number of esters is 1. The molecular formula is C38H39N5O11S. The summed E-state index contributed by atoms with van der Waals surface area (Å²) in [6.45, 7) is 3.30. The molecule has 0 radical (unpaired) electrons. The Bertz CT molecular complexity index is 2240. The average Bonchev–Trinajstić information content (AvgIpc) is 3.53. The number of para-hydroxylation sites is 1. The number of benzene rings is 2. The fraction of sp³-hybridized carbons (Fsp3) is 0.342. The fourth-order valence-corrected chi connectivity index (χ4v) is 7.48. The van der Waals surface area contributed by atoms with Crippen LogP contribution in [-0.4, -0.2) is 86.9 Å². The first-order chi connectivity index (χ1) is 26.4. The summed E-state index contributed by atoms with van der Waals surface area (Å²) in [4.78, 5) is 78.8. The summed E-state index contributed by atoms with van der Waals surface area (Å²) >= 11 is 0. The van der Waals surface area contributed by atoms with E-state index >= 15 is 0 Å². The summed E-state index contributed by atoms with van der Waals surface area (Å²) in [7, 11) is -1.19. The monoisotopic (exact) mass is 773 g/mol. The molecule has 2 aliphatic heterocycles. The summed E-state index contributed by atoms with van der Waals surface area (Å²) in [6, 6.07) is 15.7. The third-order valence-electron chi connectivity index (χ3n) is 9.12. The predicted molar refractivity (Wildman–Crippen MR) is 199 cm³/mol. The van der Waals surface area contributed by atoms with Crippen molar-refractivity contribution in [2.45, 2.75) is 52.2 Å². The second-order valence-corrected chi connectivity index (χ2v) is 14.4. The van der Waals surface area contributed by atoms with E-state index in [1.807, 2.05) is 42.4 Å². The van der Waals surface area contributed by atoms with Crippen molar-refractivity contribution in [3.05, 3.63) is 92.8 Å². The number of aldehydes is 1. The van der Waals surface area contributed by atoms with Gasteiger partial charge in [-0.15, -0.1) is 0 Å². The molecule has 2 N–H and O–H groups in total. The van der Waals surface area contributed by atoms with E-state index in [2.05, 4.69) is 10.6 Å². The number of carbonyl (C=O) groups excluding carboxylic acids is 5. The second kappa shape index (κ2) is 17.1. The number of nitrogens with zero attached hydrogens (tertiary/aromatic N) is 3. The van der Waals surface area contributed by atoms with Crippen LogP contribution in [0.5, 0.6) is 0 Å². The first-order valence-electron chi connectivity index (χ1n) is 17.4. The van der Waals surface area contributed by atoms with E-state index in [4.69, 9.17) is 23.9 Å². The molecule has 0 bridgehead atoms. The summed E-state index contributed by atoms with van der Waals surface area (Å²) in [5.41, 5.74) is 4.51. The molecule has 288 valence electrons. The topological polar surface area (TPSA) is 202 Å². The van der Waals surface area contributed by atoms with Gasteiger partial charge in [0.2, 0.25) is 17.9 Å². The molecule has 0 spiro atoms. The molecule has 17 heteroatoms. The predicted octanol–water partition coefficient (Wildman–Crippen LogP) is 2.69. The van der Waals surface area contributed by atoms with Crippen molar-refractivity contribution in [2.75, 3.05) is 37.9 Å². The van der Waals surface area contributed by atoms with Crippen molar-refractivity contribution in [3.63, 3.8) is 0 Å². The molecule has 2 aromatic carbocycles. The molecule has 2 aromatic heterocycles. The highest BCUT2D eigenvalue weighted by molar-refractivity contribution is 7.81. The largest absolute Gasteiger partial charge is 0.509 e. The maximum atomic E-state index is 13.9. The van der Waals surface area contributed by atoms with Crippen LogP contribution in [0.25, 0.3) is 22.3 Å². The van der Waals surface area contributed by atoms with Crippen molar-refractivity contribution < 1.29 is 47.1 Å². The van der Waals surface area contributed by atoms with Crippen LogP contribution >= 0.6 is 0 Å². The molecule has 6 rings (SSSR count). The third-order valence-corrected chi connectivity index (χ3v) is 10.4. The van der Waals surface area contributed by atoms with E-state index in [1.54, 1.807) is 41.2 Å². The number of nitrogens with one attached hydrogen (secondary N) is 2. The van der Waals surface area contributed by atoms with E-state index < -0.39 is 46.6 Å². The number of anilines is 1. The van der Waals surface area contributed by atoms with E-state index in [0.29, 0.717) is 41.9 Å². The number of carbonyl (C=O) groups is 5. The smallest absolute Gasteiger partial charge is 0.458 e. The van der Waals surface area contributed by atoms with Crippen LogP contribution in [0.2, 0.25) is 0 Å². The lowest BCUT2D eigenvalue weighted by atomic mass is 9.97. The van der Waals surface area contributed by atoms with Gasteiger partial charge in [-0.2, -0.15) is 0 Å². The standard InChI is InChI=1S/C38H39N5O11S/c1-22(2)43(55(3)50)13-12-25-26-6-4-5-7-30(26)41-34-28(25)18-42-31(34)16-27-29(36(42)47)20-52-37(48)35(27)54-38(49)53-19-23-8-10-24(11-9-23)40-32(45)17-39-33(46)21-51-15-14-44/h4-11,14,16,22,35H,12-13,15,17-21H2,1-3H3,(H,39,46)(H,40,45)/t35-,55?/m0/s1. The molecule has 2 amide bonds. The van der Waals surface area contributed by atoms with Crippen LogP contribution in [0, 0.1) is 0 Å². The molecular weight excluding hydrogens is 735 g/mol. The van der Waals surface area contributed by atoms with Crippen molar-refractivity contribution in [1.82, 2.24) is 19.2 Å². The molecule has 0 fully saturated rings. The maximum absolute atomic E-state index is 13.9. The molecule has 55 heavy (non-hydrogen) atoms. The SMILES string of the molecule is CC(C)N(CCc1c2c(nc3ccccc13)-c1cc3c(c(=O)n1C2)COC(=O)[C@H]3OC(=O)OCc1ccc(NC(=O)CNC(=O)COCC=O)cc1)S(C)=O. The summed E-state index contributed by atoms with van der Waals surface area (Å²) < 4.78 is 36.8. The molecule has 16 nitrogen and oxygen atoms in total. The van der Waals surface area contributed by atoms with Gasteiger partial charge >= 0.3 is 12.1 Å². The first-order valence-corrected chi connectivity index (χ1v) is 18.9. The molecule has 2 atom stereocenters. The van der Waals surface area contributed by atoms with Gasteiger partial charge in [-0.25, -0.2) is 23.1 Å². The van der Waals surface area contributed by atoms with Crippen LogP contribution in [0.15, 0.2) is 59.4 Å². The van der Waals surface area contributed by atoms with E-state index in [9.17, 15) is 33.0 Å². The van der Waals surface area contributed by atoms with Gasteiger partial charge in [-0.05, 0) is 55.7 Å². The van der Waals surface area contributed by atoms with Gasteiger partial charge in [0.1, 0.15) is 32.7 Å². The number of hydrogen-bond acceptors (Lipinski definition) is 12. The zero-order valence-electron chi connectivity index (χ0n) is 30.3. The summed E-state index contributed by atoms with van der Waals surface area (Å²) in [6.07, 6.45) is -0.0140. The Morgan fingerprint density at radius 3 is 2.58 bits per heavy atom. The Kier molecular flexibility index (Phi) is 12.1. The summed E-state index contributed by atoms with van der Waals surface area (Å²) in [5, 5.41) is 5.90. The van der Waals surface area contributed by atoms with Crippen molar-refractivity contribution in [3.8, 4) is 11.4 Å². The number of ether oxygens (including phenoxy) is 4. The van der Waals surface area contributed by atoms with Gasteiger partial charge in [-0.1, -0.05) is 30.3 Å². The van der Waals surface area contributed by atoms with E-state index in [1.165, 1.54) is 0 Å². The number of fused-ring (bicyclic) bond motifs is 5. The number of rotatable bonds is 15. The lowest BCUT2D eigenvalue weighted by Gasteiger charge is -2.24. The zero-order valence-corrected chi connectivity index (χ0v) is 31.1. The first kappa shape index (κ1) is 38.9. The molecule has 0 saturated heterocycles. The van der Waals surface area contributed by atoms with Gasteiger partial charge in [0.25, 0.3) is 5.56 Å². The van der Waals surface area contributed by atoms with Crippen LogP contribution in [0.1, 0.15) is 47.8 Å². The molecule has 2 aliphatic rings. The van der Waals surface area contributed by atoms with E-state index in [0.717, 1.165) is 22.0 Å². The van der Waals surface area contributed by atoms with Crippen LogP contribution in [0.3, 0.4) is 0 Å². The van der Waals surface area contributed by atoms with Gasteiger partial charge in [0.15, 0.2) is 0 Å². The Balaban J connectivity index is 1.15. The van der Waals surface area contributed by atoms with Crippen molar-refractivity contribution in [1.29, 1.82) is 0 Å². The van der Waals surface area contributed by atoms with Crippen LogP contribution in [-0.2, 0) is 75.3 Å². The van der Waals surface area contributed by atoms with Gasteiger partial charge in [0.05, 0.1) is 46.5 Å². The molecule has 0 saturated carbocycles. The lowest BCUT2D eigenvalue weighted by molar-refractivity contribution is -0.159. The molecule has 0 aliphatic carbocycles. The molecule has 1 unspecified atom stereocenters. The highest BCUT2D eigenvalue weighted by atomic mass is 32.2. The van der Waals surface area contributed by atoms with Gasteiger partial charge in [0, 0.05) is 41.0 Å². The minimum atomic E-state index is -1.56. The maximum Gasteiger partial charge on any atom is 0.509 e. The van der Waals surface area contributed by atoms with Crippen LogP contribution in [0.4, 0.5) is 10.5 Å². The molecule has 4 heterocycles. The number of amides is 2. The Morgan fingerprint density at radius 2 is 1.85 bits per heavy atom. The lowest BCUT2D eigenvalue weighted by Crippen LogP contribution is -2.35. The Morgan fingerprint density at radius 1 is 1.09 bits per heavy atom. The fourth-order valence-electron chi connectivity index (χ4n) is 6.54. The molecule has 4 aromatic rings. The quantitative estimate of drug-likeness (QED) is 0.0897. The minimum Gasteiger partial charge on any atom is -0.458 e.